The van der Waals surface area contributed by atoms with Gasteiger partial charge >= 0.3 is 0 Å². The minimum Gasteiger partial charge on any atom is -0.457 e. The van der Waals surface area contributed by atoms with E-state index in [0.29, 0.717) is 0 Å². The molecule has 9 aromatic rings. The third-order valence-electron chi connectivity index (χ3n) is 10.8. The summed E-state index contributed by atoms with van der Waals surface area (Å²) in [6, 6.07) is 38.7. The number of rotatable bonds is 4. The number of fused-ring (bicyclic) bond motifs is 9. The van der Waals surface area contributed by atoms with Crippen LogP contribution >= 0.6 is 0 Å². The first kappa shape index (κ1) is 32.9. The molecule has 0 spiro atoms. The molecule has 0 atom stereocenters. The second kappa shape index (κ2) is 11.8. The number of nitrogens with zero attached hydrogens (tertiary/aromatic N) is 4. The van der Waals surface area contributed by atoms with Gasteiger partial charge in [-0.2, -0.15) is 0 Å². The molecule has 0 aliphatic carbocycles. The summed E-state index contributed by atoms with van der Waals surface area (Å²) in [5.41, 5.74) is 11.6. The van der Waals surface area contributed by atoms with Crippen LogP contribution in [-0.2, 0) is 10.8 Å². The van der Waals surface area contributed by atoms with Gasteiger partial charge in [-0.1, -0.05) is 90.1 Å². The third kappa shape index (κ3) is 5.29. The molecular formula is C48H44N4O. The Kier molecular flexibility index (Phi) is 7.33. The van der Waals surface area contributed by atoms with Crippen molar-refractivity contribution in [2.24, 2.45) is 0 Å². The molecule has 0 saturated carbocycles. The van der Waals surface area contributed by atoms with Crippen LogP contribution in [0.5, 0.6) is 11.5 Å². The fourth-order valence-corrected chi connectivity index (χ4v) is 8.14. The monoisotopic (exact) mass is 692 g/mol. The second-order valence-electron chi connectivity index (χ2n) is 16.5. The van der Waals surface area contributed by atoms with Crippen molar-refractivity contribution in [3.8, 4) is 28.6 Å². The molecule has 9 rings (SSSR count). The van der Waals surface area contributed by atoms with E-state index in [1.165, 1.54) is 49.5 Å². The number of ether oxygens (including phenoxy) is 1. The van der Waals surface area contributed by atoms with Crippen LogP contribution in [0, 0.1) is 13.8 Å². The molecule has 5 nitrogen and oxygen atoms in total. The Bertz CT molecular complexity index is 2880. The van der Waals surface area contributed by atoms with Crippen molar-refractivity contribution in [1.29, 1.82) is 0 Å². The van der Waals surface area contributed by atoms with Gasteiger partial charge in [-0.15, -0.1) is 0 Å². The minimum absolute atomic E-state index is 0.0285. The van der Waals surface area contributed by atoms with Gasteiger partial charge in [0.05, 0.1) is 28.4 Å². The molecule has 0 aliphatic heterocycles. The molecule has 0 bridgehead atoms. The number of hydrogen-bond acceptors (Lipinski definition) is 3. The predicted octanol–water partition coefficient (Wildman–Crippen LogP) is 12.8. The molecule has 4 heterocycles. The maximum absolute atomic E-state index is 6.76. The van der Waals surface area contributed by atoms with Crippen molar-refractivity contribution in [1.82, 2.24) is 18.9 Å². The van der Waals surface area contributed by atoms with Crippen LogP contribution in [-0.4, -0.2) is 18.9 Å². The largest absolute Gasteiger partial charge is 0.457 e. The molecule has 262 valence electrons. The van der Waals surface area contributed by atoms with E-state index in [9.17, 15) is 0 Å². The van der Waals surface area contributed by atoms with Crippen molar-refractivity contribution in [2.75, 3.05) is 0 Å². The Hall–Kier alpha value is -5.94. The van der Waals surface area contributed by atoms with Crippen LogP contribution < -0.4 is 4.74 Å². The molecule has 0 N–H and O–H groups in total. The van der Waals surface area contributed by atoms with E-state index in [4.69, 9.17) is 14.7 Å². The predicted molar refractivity (Wildman–Crippen MR) is 221 cm³/mol. The van der Waals surface area contributed by atoms with Crippen LogP contribution in [0.25, 0.3) is 66.2 Å². The maximum atomic E-state index is 6.76. The first-order valence-electron chi connectivity index (χ1n) is 18.5. The van der Waals surface area contributed by atoms with Gasteiger partial charge in [-0.05, 0) is 107 Å². The van der Waals surface area contributed by atoms with E-state index in [2.05, 4.69) is 162 Å². The molecule has 0 fully saturated rings. The van der Waals surface area contributed by atoms with E-state index in [0.717, 1.165) is 50.5 Å². The summed E-state index contributed by atoms with van der Waals surface area (Å²) in [5, 5.41) is 5.79. The normalized spacial score (nSPS) is 12.5. The van der Waals surface area contributed by atoms with Gasteiger partial charge < -0.3 is 4.74 Å². The highest BCUT2D eigenvalue weighted by molar-refractivity contribution is 6.14. The number of benzene rings is 5. The molecule has 5 aromatic carbocycles. The summed E-state index contributed by atoms with van der Waals surface area (Å²) in [4.78, 5) is 9.92. The minimum atomic E-state index is -0.109. The average molecular weight is 693 g/mol. The summed E-state index contributed by atoms with van der Waals surface area (Å²) in [7, 11) is 0. The Labute approximate surface area is 310 Å². The average Bonchev–Trinajstić information content (AvgIpc) is 3.70. The van der Waals surface area contributed by atoms with Gasteiger partial charge in [0.15, 0.2) is 0 Å². The highest BCUT2D eigenvalue weighted by Gasteiger charge is 2.27. The molecule has 0 saturated heterocycles. The Morgan fingerprint density at radius 3 is 1.98 bits per heavy atom. The van der Waals surface area contributed by atoms with Gasteiger partial charge in [-0.25, -0.2) is 9.97 Å². The topological polar surface area (TPSA) is 44.3 Å². The van der Waals surface area contributed by atoms with E-state index in [1.807, 2.05) is 24.4 Å². The molecule has 0 radical (unpaired) electrons. The number of para-hydroxylation sites is 1. The molecule has 4 aromatic heterocycles. The van der Waals surface area contributed by atoms with Crippen LogP contribution in [0.3, 0.4) is 0 Å². The van der Waals surface area contributed by atoms with Crippen LogP contribution in [0.4, 0.5) is 0 Å². The molecule has 53 heavy (non-hydrogen) atoms. The Morgan fingerprint density at radius 1 is 0.566 bits per heavy atom. The van der Waals surface area contributed by atoms with Crippen LogP contribution in [0.15, 0.2) is 122 Å². The number of aromatic nitrogens is 4. The highest BCUT2D eigenvalue weighted by Crippen LogP contribution is 2.43. The van der Waals surface area contributed by atoms with E-state index >= 15 is 0 Å². The SMILES string of the molecule is Cc1cccc(C)c1-c1cnc2c3cc(Oc4ccc5c6ccccc6n(-c6ccccn6)c5c4)ccc3c3cc(C(C)(C)C)cc(C(C)(C)C)c3n12. The van der Waals surface area contributed by atoms with Gasteiger partial charge in [-0.3, -0.25) is 8.97 Å². The second-order valence-corrected chi connectivity index (χ2v) is 16.5. The van der Waals surface area contributed by atoms with E-state index in [-0.39, 0.29) is 10.8 Å². The number of pyridine rings is 2. The van der Waals surface area contributed by atoms with E-state index < -0.39 is 0 Å². The zero-order chi connectivity index (χ0) is 36.8. The molecule has 0 aliphatic rings. The fraction of sp³-hybridized carbons (Fsp3) is 0.208. The van der Waals surface area contributed by atoms with E-state index in [1.54, 1.807) is 0 Å². The highest BCUT2D eigenvalue weighted by atomic mass is 16.5. The van der Waals surface area contributed by atoms with Gasteiger partial charge in [0.2, 0.25) is 0 Å². The molecule has 5 heteroatoms. The first-order valence-corrected chi connectivity index (χ1v) is 18.5. The maximum Gasteiger partial charge on any atom is 0.145 e. The molecular weight excluding hydrogens is 649 g/mol. The lowest BCUT2D eigenvalue weighted by Gasteiger charge is -2.28. The summed E-state index contributed by atoms with van der Waals surface area (Å²) >= 11 is 0. The number of imidazole rings is 1. The van der Waals surface area contributed by atoms with Gasteiger partial charge in [0.25, 0.3) is 0 Å². The lowest BCUT2D eigenvalue weighted by Crippen LogP contribution is -2.18. The standard InChI is InChI=1S/C48H44N4O/c1-29-14-13-15-30(2)44(29)42-28-50-46-38-26-32(19-21-34(38)37-24-31(47(3,4)5)25-39(48(6,7)8)45(37)52(42)46)53-33-20-22-36-35-16-9-10-17-40(35)51(41(36)27-33)43-18-11-12-23-49-43/h9-28H,1-8H3. The van der Waals surface area contributed by atoms with Crippen molar-refractivity contribution in [3.05, 3.63) is 144 Å². The van der Waals surface area contributed by atoms with Gasteiger partial charge in [0.1, 0.15) is 23.0 Å². The summed E-state index contributed by atoms with van der Waals surface area (Å²) in [6.07, 6.45) is 3.90. The zero-order valence-electron chi connectivity index (χ0n) is 31.7. The lowest BCUT2D eigenvalue weighted by atomic mass is 9.78. The zero-order valence-corrected chi connectivity index (χ0v) is 31.7. The summed E-state index contributed by atoms with van der Waals surface area (Å²) in [6.45, 7) is 18.3. The summed E-state index contributed by atoms with van der Waals surface area (Å²) < 4.78 is 11.4. The van der Waals surface area contributed by atoms with Crippen molar-refractivity contribution >= 4 is 49.1 Å². The number of aryl methyl sites for hydroxylation is 2. The van der Waals surface area contributed by atoms with Crippen molar-refractivity contribution in [3.63, 3.8) is 0 Å². The smallest absolute Gasteiger partial charge is 0.145 e. The first-order chi connectivity index (χ1) is 25.4. The lowest BCUT2D eigenvalue weighted by molar-refractivity contribution is 0.484. The number of hydrogen-bond donors (Lipinski definition) is 0. The molecule has 0 unspecified atom stereocenters. The summed E-state index contributed by atoms with van der Waals surface area (Å²) in [5.74, 6) is 2.40. The van der Waals surface area contributed by atoms with Gasteiger partial charge in [0, 0.05) is 39.4 Å². The third-order valence-corrected chi connectivity index (χ3v) is 10.8. The fourth-order valence-electron chi connectivity index (χ4n) is 8.14. The Balaban J connectivity index is 1.30. The molecule has 0 amide bonds. The van der Waals surface area contributed by atoms with Crippen molar-refractivity contribution < 1.29 is 4.74 Å². The Morgan fingerprint density at radius 2 is 1.26 bits per heavy atom. The van der Waals surface area contributed by atoms with Crippen molar-refractivity contribution in [2.45, 2.75) is 66.2 Å². The quantitative estimate of drug-likeness (QED) is 0.172. The van der Waals surface area contributed by atoms with Crippen LogP contribution in [0.2, 0.25) is 0 Å². The van der Waals surface area contributed by atoms with Crippen LogP contribution in [0.1, 0.15) is 63.8 Å².